The number of nitrogens with zero attached hydrogens (tertiary/aromatic N) is 2. The number of hydrogen-bond acceptors (Lipinski definition) is 2. The average molecular weight is 324 g/mol. The first kappa shape index (κ1) is 11.1. The second-order valence-corrected chi connectivity index (χ2v) is 4.51. The molecular weight excluding hydrogens is 315 g/mol. The molecule has 0 aliphatic rings. The van der Waals surface area contributed by atoms with Crippen LogP contribution < -0.4 is 5.56 Å². The van der Waals surface area contributed by atoms with E-state index in [9.17, 15) is 4.79 Å². The van der Waals surface area contributed by atoms with E-state index in [1.165, 1.54) is 4.57 Å². The van der Waals surface area contributed by atoms with E-state index in [1.807, 2.05) is 18.2 Å². The number of fused-ring (bicyclic) bond motifs is 1. The fourth-order valence-corrected chi connectivity index (χ4v) is 1.90. The van der Waals surface area contributed by atoms with Crippen molar-refractivity contribution in [2.45, 2.75) is 13.5 Å². The number of hydrogen-bond donors (Lipinski definition) is 0. The van der Waals surface area contributed by atoms with E-state index in [-0.39, 0.29) is 5.56 Å². The standard InChI is InChI=1S/C12H9IN2O/c1-2-3-6-15-8-14-11-5-4-9(13)7-10(11)12(15)16/h4-5,7-8H,6H2,1H3. The Balaban J connectivity index is 2.66. The molecule has 0 amide bonds. The first-order valence-corrected chi connectivity index (χ1v) is 5.84. The number of benzene rings is 1. The molecule has 1 heterocycles. The summed E-state index contributed by atoms with van der Waals surface area (Å²) in [5, 5.41) is 0.646. The molecule has 0 saturated carbocycles. The lowest BCUT2D eigenvalue weighted by atomic mass is 10.2. The van der Waals surface area contributed by atoms with Gasteiger partial charge in [-0.2, -0.15) is 0 Å². The van der Waals surface area contributed by atoms with E-state index >= 15 is 0 Å². The van der Waals surface area contributed by atoms with Gasteiger partial charge in [-0.3, -0.25) is 9.36 Å². The zero-order valence-electron chi connectivity index (χ0n) is 8.70. The van der Waals surface area contributed by atoms with Gasteiger partial charge < -0.3 is 0 Å². The van der Waals surface area contributed by atoms with Gasteiger partial charge in [0.1, 0.15) is 0 Å². The highest BCUT2D eigenvalue weighted by Crippen LogP contribution is 2.11. The molecule has 0 unspecified atom stereocenters. The minimum atomic E-state index is -0.0359. The van der Waals surface area contributed by atoms with Crippen molar-refractivity contribution in [1.29, 1.82) is 0 Å². The van der Waals surface area contributed by atoms with Gasteiger partial charge in [-0.1, -0.05) is 5.92 Å². The van der Waals surface area contributed by atoms with Crippen molar-refractivity contribution in [2.75, 3.05) is 0 Å². The van der Waals surface area contributed by atoms with Crippen LogP contribution >= 0.6 is 22.6 Å². The zero-order chi connectivity index (χ0) is 11.5. The maximum Gasteiger partial charge on any atom is 0.262 e. The summed E-state index contributed by atoms with van der Waals surface area (Å²) in [7, 11) is 0. The van der Waals surface area contributed by atoms with Crippen LogP contribution in [0.25, 0.3) is 10.9 Å². The lowest BCUT2D eigenvalue weighted by molar-refractivity contribution is 0.782. The number of aromatic nitrogens is 2. The minimum Gasteiger partial charge on any atom is -0.287 e. The van der Waals surface area contributed by atoms with Crippen molar-refractivity contribution >= 4 is 33.5 Å². The van der Waals surface area contributed by atoms with E-state index in [0.717, 1.165) is 9.09 Å². The quantitative estimate of drug-likeness (QED) is 0.594. The van der Waals surface area contributed by atoms with Gasteiger partial charge in [0.2, 0.25) is 0 Å². The number of halogens is 1. The summed E-state index contributed by atoms with van der Waals surface area (Å²) in [5.41, 5.74) is 0.692. The molecule has 1 aromatic heterocycles. The smallest absolute Gasteiger partial charge is 0.262 e. The van der Waals surface area contributed by atoms with E-state index in [4.69, 9.17) is 0 Å². The topological polar surface area (TPSA) is 34.9 Å². The lowest BCUT2D eigenvalue weighted by Gasteiger charge is -2.02. The molecule has 80 valence electrons. The summed E-state index contributed by atoms with van der Waals surface area (Å²) in [6.07, 6.45) is 1.54. The van der Waals surface area contributed by atoms with Crippen LogP contribution in [0, 0.1) is 15.4 Å². The fraction of sp³-hybridized carbons (Fsp3) is 0.167. The van der Waals surface area contributed by atoms with Crippen LogP contribution in [0.1, 0.15) is 6.92 Å². The third-order valence-electron chi connectivity index (χ3n) is 2.21. The summed E-state index contributed by atoms with van der Waals surface area (Å²) in [4.78, 5) is 16.3. The highest BCUT2D eigenvalue weighted by atomic mass is 127. The molecular formula is C12H9IN2O. The van der Waals surface area contributed by atoms with Gasteiger partial charge in [-0.15, -0.1) is 5.92 Å². The Morgan fingerprint density at radius 3 is 3.06 bits per heavy atom. The van der Waals surface area contributed by atoms with Crippen molar-refractivity contribution < 1.29 is 0 Å². The van der Waals surface area contributed by atoms with E-state index in [1.54, 1.807) is 13.3 Å². The predicted molar refractivity (Wildman–Crippen MR) is 72.2 cm³/mol. The molecule has 0 aliphatic heterocycles. The Morgan fingerprint density at radius 2 is 2.31 bits per heavy atom. The molecule has 0 saturated heterocycles. The first-order chi connectivity index (χ1) is 7.72. The van der Waals surface area contributed by atoms with Crippen LogP contribution in [-0.4, -0.2) is 9.55 Å². The van der Waals surface area contributed by atoms with Gasteiger partial charge in [0.25, 0.3) is 5.56 Å². The highest BCUT2D eigenvalue weighted by molar-refractivity contribution is 14.1. The molecule has 3 nitrogen and oxygen atoms in total. The Hall–Kier alpha value is -1.35. The molecule has 2 rings (SSSR count). The molecule has 2 aromatic rings. The Labute approximate surface area is 107 Å². The molecule has 0 fully saturated rings. The largest absolute Gasteiger partial charge is 0.287 e. The van der Waals surface area contributed by atoms with Crippen LogP contribution in [0.3, 0.4) is 0 Å². The molecule has 16 heavy (non-hydrogen) atoms. The maximum absolute atomic E-state index is 12.0. The molecule has 0 spiro atoms. The van der Waals surface area contributed by atoms with Crippen molar-refractivity contribution in [3.63, 3.8) is 0 Å². The van der Waals surface area contributed by atoms with Gasteiger partial charge in [0.15, 0.2) is 0 Å². The summed E-state index contributed by atoms with van der Waals surface area (Å²) < 4.78 is 2.55. The Morgan fingerprint density at radius 1 is 1.50 bits per heavy atom. The summed E-state index contributed by atoms with van der Waals surface area (Å²) >= 11 is 2.18. The summed E-state index contributed by atoms with van der Waals surface area (Å²) in [5.74, 6) is 5.62. The Kier molecular flexibility index (Phi) is 3.25. The van der Waals surface area contributed by atoms with Crippen LogP contribution in [0.5, 0.6) is 0 Å². The maximum atomic E-state index is 12.0. The van der Waals surface area contributed by atoms with Crippen LogP contribution in [0.2, 0.25) is 0 Å². The normalized spacial score (nSPS) is 9.88. The Bertz CT molecular complexity index is 649. The van der Waals surface area contributed by atoms with Crippen LogP contribution in [0.15, 0.2) is 29.3 Å². The molecule has 1 aromatic carbocycles. The first-order valence-electron chi connectivity index (χ1n) is 4.76. The van der Waals surface area contributed by atoms with E-state index in [2.05, 4.69) is 39.4 Å². The third kappa shape index (κ3) is 2.09. The molecule has 0 radical (unpaired) electrons. The second kappa shape index (κ2) is 4.66. The fourth-order valence-electron chi connectivity index (χ4n) is 1.41. The monoisotopic (exact) mass is 324 g/mol. The lowest BCUT2D eigenvalue weighted by Crippen LogP contribution is -2.20. The summed E-state index contributed by atoms with van der Waals surface area (Å²) in [6, 6.07) is 5.64. The van der Waals surface area contributed by atoms with Gasteiger partial charge in [0.05, 0.1) is 23.8 Å². The van der Waals surface area contributed by atoms with Gasteiger partial charge in [-0.25, -0.2) is 4.98 Å². The van der Waals surface area contributed by atoms with Crippen LogP contribution in [0.4, 0.5) is 0 Å². The summed E-state index contributed by atoms with van der Waals surface area (Å²) in [6.45, 7) is 2.15. The zero-order valence-corrected chi connectivity index (χ0v) is 10.9. The van der Waals surface area contributed by atoms with Crippen molar-refractivity contribution in [3.05, 3.63) is 38.5 Å². The molecule has 0 aliphatic carbocycles. The van der Waals surface area contributed by atoms with Gasteiger partial charge in [0, 0.05) is 3.57 Å². The third-order valence-corrected chi connectivity index (χ3v) is 2.88. The SMILES string of the molecule is CC#CCn1cnc2ccc(I)cc2c1=O. The minimum absolute atomic E-state index is 0.0359. The predicted octanol–water partition coefficient (Wildman–Crippen LogP) is 2.02. The van der Waals surface area contributed by atoms with Crippen LogP contribution in [-0.2, 0) is 6.54 Å². The molecule has 0 atom stereocenters. The van der Waals surface area contributed by atoms with Gasteiger partial charge in [-0.05, 0) is 47.7 Å². The average Bonchev–Trinajstić information content (AvgIpc) is 2.29. The van der Waals surface area contributed by atoms with Gasteiger partial charge >= 0.3 is 0 Å². The molecule has 4 heteroatoms. The second-order valence-electron chi connectivity index (χ2n) is 3.27. The number of rotatable bonds is 1. The highest BCUT2D eigenvalue weighted by Gasteiger charge is 2.03. The van der Waals surface area contributed by atoms with E-state index < -0.39 is 0 Å². The molecule has 0 bridgehead atoms. The van der Waals surface area contributed by atoms with Crippen molar-refractivity contribution in [2.24, 2.45) is 0 Å². The van der Waals surface area contributed by atoms with E-state index in [0.29, 0.717) is 11.9 Å². The van der Waals surface area contributed by atoms with Crippen molar-refractivity contribution in [1.82, 2.24) is 9.55 Å². The molecule has 0 N–H and O–H groups in total. The van der Waals surface area contributed by atoms with Crippen molar-refractivity contribution in [3.8, 4) is 11.8 Å².